The molecule has 0 N–H and O–H groups in total. The quantitative estimate of drug-likeness (QED) is 0.178. The molecule has 240 valence electrons. The number of nitrogens with zero attached hydrogens (tertiary/aromatic N) is 2. The Bertz CT molecular complexity index is 2830. The minimum Gasteiger partial charge on any atom is -0.456 e. The Kier molecular flexibility index (Phi) is 6.81. The number of aromatic nitrogens is 1. The van der Waals surface area contributed by atoms with Crippen LogP contribution < -0.4 is 4.90 Å². The molecule has 2 aromatic heterocycles. The van der Waals surface area contributed by atoms with Crippen LogP contribution in [0.1, 0.15) is 0 Å². The zero-order valence-electron chi connectivity index (χ0n) is 27.8. The first-order valence-electron chi connectivity index (χ1n) is 17.3. The molecule has 0 bridgehead atoms. The molecule has 0 aliphatic heterocycles. The van der Waals surface area contributed by atoms with Gasteiger partial charge in [0.15, 0.2) is 0 Å². The summed E-state index contributed by atoms with van der Waals surface area (Å²) >= 11 is 0. The molecule has 2 heterocycles. The Morgan fingerprint density at radius 3 is 1.69 bits per heavy atom. The van der Waals surface area contributed by atoms with E-state index in [2.05, 4.69) is 191 Å². The largest absolute Gasteiger partial charge is 0.456 e. The average Bonchev–Trinajstić information content (AvgIpc) is 3.74. The van der Waals surface area contributed by atoms with Gasteiger partial charge in [0.25, 0.3) is 0 Å². The van der Waals surface area contributed by atoms with Crippen molar-refractivity contribution >= 4 is 60.8 Å². The van der Waals surface area contributed by atoms with Gasteiger partial charge in [-0.25, -0.2) is 0 Å². The summed E-state index contributed by atoms with van der Waals surface area (Å²) in [5, 5.41) is 4.70. The molecule has 8 aromatic carbocycles. The lowest BCUT2D eigenvalue weighted by molar-refractivity contribution is 0.669. The zero-order chi connectivity index (χ0) is 33.7. The standard InChI is InChI=1S/C48H32N2O/c1-4-12-33(13-5-1)34-20-24-39(25-21-34)49(37-14-6-2-7-15-37)40-26-27-41-43-30-35(22-28-45(43)50(46(41)32-40)38-16-8-3-9-17-38)36-23-29-48-44(31-36)42-18-10-11-19-47(42)51-48/h1-32H. The highest BCUT2D eigenvalue weighted by atomic mass is 16.3. The van der Waals surface area contributed by atoms with Crippen molar-refractivity contribution in [2.24, 2.45) is 0 Å². The molecular formula is C48H32N2O. The van der Waals surface area contributed by atoms with Crippen LogP contribution in [0.15, 0.2) is 199 Å². The van der Waals surface area contributed by atoms with Crippen molar-refractivity contribution in [1.29, 1.82) is 0 Å². The first-order valence-corrected chi connectivity index (χ1v) is 17.3. The molecule has 0 amide bonds. The molecule has 0 radical (unpaired) electrons. The second kappa shape index (κ2) is 11.9. The molecular weight excluding hydrogens is 621 g/mol. The molecule has 0 aliphatic carbocycles. The van der Waals surface area contributed by atoms with Crippen molar-refractivity contribution < 1.29 is 4.42 Å². The Labute approximate surface area is 295 Å². The van der Waals surface area contributed by atoms with E-state index in [4.69, 9.17) is 4.42 Å². The predicted octanol–water partition coefficient (Wildman–Crippen LogP) is 13.5. The van der Waals surface area contributed by atoms with Crippen molar-refractivity contribution in [3.8, 4) is 27.9 Å². The summed E-state index contributed by atoms with van der Waals surface area (Å²) in [6.07, 6.45) is 0. The lowest BCUT2D eigenvalue weighted by Gasteiger charge is -2.26. The van der Waals surface area contributed by atoms with E-state index >= 15 is 0 Å². The number of benzene rings is 8. The fourth-order valence-corrected chi connectivity index (χ4v) is 7.55. The monoisotopic (exact) mass is 652 g/mol. The zero-order valence-corrected chi connectivity index (χ0v) is 27.8. The second-order valence-corrected chi connectivity index (χ2v) is 13.0. The first-order chi connectivity index (χ1) is 25.3. The van der Waals surface area contributed by atoms with E-state index in [-0.39, 0.29) is 0 Å². The Morgan fingerprint density at radius 1 is 0.333 bits per heavy atom. The lowest BCUT2D eigenvalue weighted by atomic mass is 10.0. The van der Waals surface area contributed by atoms with E-state index in [1.807, 2.05) is 12.1 Å². The molecule has 0 fully saturated rings. The van der Waals surface area contributed by atoms with E-state index in [1.165, 1.54) is 38.5 Å². The molecule has 0 unspecified atom stereocenters. The number of hydrogen-bond donors (Lipinski definition) is 0. The Balaban J connectivity index is 1.15. The summed E-state index contributed by atoms with van der Waals surface area (Å²) in [4.78, 5) is 2.34. The molecule has 0 saturated heterocycles. The summed E-state index contributed by atoms with van der Waals surface area (Å²) in [6.45, 7) is 0. The molecule has 10 aromatic rings. The highest BCUT2D eigenvalue weighted by molar-refractivity contribution is 6.12. The summed E-state index contributed by atoms with van der Waals surface area (Å²) in [5.74, 6) is 0. The van der Waals surface area contributed by atoms with Gasteiger partial charge in [0, 0.05) is 44.3 Å². The van der Waals surface area contributed by atoms with Gasteiger partial charge in [-0.2, -0.15) is 0 Å². The fourth-order valence-electron chi connectivity index (χ4n) is 7.55. The highest BCUT2D eigenvalue weighted by Crippen LogP contribution is 2.41. The summed E-state index contributed by atoms with van der Waals surface area (Å²) in [7, 11) is 0. The van der Waals surface area contributed by atoms with E-state index in [0.29, 0.717) is 0 Å². The third kappa shape index (κ3) is 4.98. The first kappa shape index (κ1) is 29.1. The maximum absolute atomic E-state index is 6.14. The smallest absolute Gasteiger partial charge is 0.135 e. The van der Waals surface area contributed by atoms with Crippen LogP contribution in [-0.2, 0) is 0 Å². The molecule has 0 spiro atoms. The minimum atomic E-state index is 0.909. The third-order valence-corrected chi connectivity index (χ3v) is 9.98. The summed E-state index contributed by atoms with van der Waals surface area (Å²) < 4.78 is 8.53. The van der Waals surface area contributed by atoms with Gasteiger partial charge < -0.3 is 13.9 Å². The molecule has 51 heavy (non-hydrogen) atoms. The van der Waals surface area contributed by atoms with Gasteiger partial charge in [-0.3, -0.25) is 0 Å². The maximum Gasteiger partial charge on any atom is 0.135 e. The van der Waals surface area contributed by atoms with Crippen molar-refractivity contribution in [2.45, 2.75) is 0 Å². The van der Waals surface area contributed by atoms with Crippen molar-refractivity contribution in [1.82, 2.24) is 4.57 Å². The molecule has 0 atom stereocenters. The molecule has 0 saturated carbocycles. The fraction of sp³-hybridized carbons (Fsp3) is 0. The summed E-state index contributed by atoms with van der Waals surface area (Å²) in [5.41, 5.74) is 13.3. The molecule has 3 nitrogen and oxygen atoms in total. The third-order valence-electron chi connectivity index (χ3n) is 9.98. The van der Waals surface area contributed by atoms with Crippen LogP contribution in [0.25, 0.3) is 71.7 Å². The maximum atomic E-state index is 6.14. The van der Waals surface area contributed by atoms with Crippen molar-refractivity contribution in [3.05, 3.63) is 194 Å². The molecule has 10 rings (SSSR count). The number of anilines is 3. The van der Waals surface area contributed by atoms with Crippen LogP contribution in [0.4, 0.5) is 17.1 Å². The van der Waals surface area contributed by atoms with Crippen LogP contribution in [-0.4, -0.2) is 4.57 Å². The molecule has 3 heteroatoms. The SMILES string of the molecule is c1ccc(-c2ccc(N(c3ccccc3)c3ccc4c5cc(-c6ccc7oc8ccccc8c7c6)ccc5n(-c5ccccc5)c4c3)cc2)cc1. The van der Waals surface area contributed by atoms with Crippen molar-refractivity contribution in [2.75, 3.05) is 4.90 Å². The number of fused-ring (bicyclic) bond motifs is 6. The Hall–Kier alpha value is -6.84. The van der Waals surface area contributed by atoms with Gasteiger partial charge in [0.2, 0.25) is 0 Å². The highest BCUT2D eigenvalue weighted by Gasteiger charge is 2.18. The van der Waals surface area contributed by atoms with Gasteiger partial charge in [-0.1, -0.05) is 115 Å². The minimum absolute atomic E-state index is 0.909. The van der Waals surface area contributed by atoms with Gasteiger partial charge in [0.05, 0.1) is 11.0 Å². The van der Waals surface area contributed by atoms with Gasteiger partial charge in [-0.15, -0.1) is 0 Å². The van der Waals surface area contributed by atoms with E-state index < -0.39 is 0 Å². The van der Waals surface area contributed by atoms with Gasteiger partial charge >= 0.3 is 0 Å². The Morgan fingerprint density at radius 2 is 0.902 bits per heavy atom. The number of rotatable bonds is 6. The van der Waals surface area contributed by atoms with Crippen LogP contribution in [0.5, 0.6) is 0 Å². The molecule has 0 aliphatic rings. The number of para-hydroxylation sites is 3. The average molecular weight is 653 g/mol. The normalized spacial score (nSPS) is 11.5. The van der Waals surface area contributed by atoms with Crippen LogP contribution in [0.2, 0.25) is 0 Å². The predicted molar refractivity (Wildman–Crippen MR) is 214 cm³/mol. The van der Waals surface area contributed by atoms with E-state index in [9.17, 15) is 0 Å². The van der Waals surface area contributed by atoms with Crippen LogP contribution in [0, 0.1) is 0 Å². The van der Waals surface area contributed by atoms with E-state index in [1.54, 1.807) is 0 Å². The number of furan rings is 1. The lowest BCUT2D eigenvalue weighted by Crippen LogP contribution is -2.10. The second-order valence-electron chi connectivity index (χ2n) is 13.0. The number of hydrogen-bond acceptors (Lipinski definition) is 2. The topological polar surface area (TPSA) is 21.3 Å². The van der Waals surface area contributed by atoms with Crippen LogP contribution in [0.3, 0.4) is 0 Å². The van der Waals surface area contributed by atoms with Crippen LogP contribution >= 0.6 is 0 Å². The van der Waals surface area contributed by atoms with Gasteiger partial charge in [-0.05, 0) is 101 Å². The van der Waals surface area contributed by atoms with Crippen molar-refractivity contribution in [3.63, 3.8) is 0 Å². The summed E-state index contributed by atoms with van der Waals surface area (Å²) in [6, 6.07) is 69.2. The van der Waals surface area contributed by atoms with E-state index in [0.717, 1.165) is 50.2 Å². The van der Waals surface area contributed by atoms with Gasteiger partial charge in [0.1, 0.15) is 11.2 Å².